The molecule has 0 spiro atoms. The van der Waals surface area contributed by atoms with Gasteiger partial charge in [-0.05, 0) is 60.3 Å². The number of anilines is 2. The molecule has 0 bridgehead atoms. The summed E-state index contributed by atoms with van der Waals surface area (Å²) in [6.07, 6.45) is 1.71. The molecule has 0 unspecified atom stereocenters. The molecule has 35 heavy (non-hydrogen) atoms. The van der Waals surface area contributed by atoms with E-state index in [1.807, 2.05) is 36.4 Å². The molecule has 2 heterocycles. The highest BCUT2D eigenvalue weighted by Gasteiger charge is 2.15. The number of aromatic nitrogens is 3. The molecular formula is C27H28N4O3Si. The van der Waals surface area contributed by atoms with Crippen LogP contribution in [-0.2, 0) is 11.5 Å². The second-order valence-electron chi connectivity index (χ2n) is 9.37. The van der Waals surface area contributed by atoms with Gasteiger partial charge in [-0.3, -0.25) is 0 Å². The van der Waals surface area contributed by atoms with Crippen molar-refractivity contribution in [2.24, 2.45) is 0 Å². The van der Waals surface area contributed by atoms with Crippen LogP contribution in [0.3, 0.4) is 0 Å². The number of nitrogens with one attached hydrogen (secondary N) is 1. The molecule has 178 valence electrons. The van der Waals surface area contributed by atoms with Crippen LogP contribution in [0.1, 0.15) is 21.7 Å². The molecule has 0 radical (unpaired) electrons. The Hall–Kier alpha value is -3.93. The van der Waals surface area contributed by atoms with E-state index in [0.717, 1.165) is 22.6 Å². The molecule has 0 fully saturated rings. The Balaban J connectivity index is 1.67. The minimum absolute atomic E-state index is 0.206. The zero-order chi connectivity index (χ0) is 24.8. The Labute approximate surface area is 205 Å². The number of benzene rings is 2. The van der Waals surface area contributed by atoms with Gasteiger partial charge < -0.3 is 15.2 Å². The van der Waals surface area contributed by atoms with Crippen molar-refractivity contribution >= 4 is 36.3 Å². The lowest BCUT2D eigenvalue weighted by molar-refractivity contribution is 0.0698. The number of nitrogens with zero attached hydrogens (tertiary/aromatic N) is 3. The molecule has 0 aliphatic carbocycles. The Bertz CT molecular complexity index is 1400. The summed E-state index contributed by atoms with van der Waals surface area (Å²) in [6.45, 7) is 7.94. The molecule has 0 aliphatic rings. The normalized spacial score (nSPS) is 11.2. The van der Waals surface area contributed by atoms with Crippen molar-refractivity contribution in [3.8, 4) is 11.8 Å². The van der Waals surface area contributed by atoms with Crippen LogP contribution in [0.15, 0.2) is 66.9 Å². The number of carboxylic acid groups (broad SMARTS) is 1. The molecule has 4 aromatic rings. The van der Waals surface area contributed by atoms with Gasteiger partial charge in [-0.1, -0.05) is 37.8 Å². The van der Waals surface area contributed by atoms with E-state index in [1.54, 1.807) is 35.1 Å². The summed E-state index contributed by atoms with van der Waals surface area (Å²) < 4.78 is 7.77. The predicted molar refractivity (Wildman–Crippen MR) is 141 cm³/mol. The first-order valence-electron chi connectivity index (χ1n) is 11.4. The molecule has 7 nitrogen and oxygen atoms in total. The second kappa shape index (κ2) is 10.6. The van der Waals surface area contributed by atoms with Crippen molar-refractivity contribution in [3.63, 3.8) is 0 Å². The van der Waals surface area contributed by atoms with Crippen LogP contribution in [0.5, 0.6) is 0 Å². The number of aromatic carboxylic acids is 1. The highest BCUT2D eigenvalue weighted by Crippen LogP contribution is 2.26. The van der Waals surface area contributed by atoms with Crippen LogP contribution in [0.25, 0.3) is 10.9 Å². The summed E-state index contributed by atoms with van der Waals surface area (Å²) in [6, 6.07) is 19.3. The Kier molecular flexibility index (Phi) is 7.30. The van der Waals surface area contributed by atoms with Crippen LogP contribution in [0.4, 0.5) is 11.4 Å². The molecule has 8 heteroatoms. The summed E-state index contributed by atoms with van der Waals surface area (Å²) in [5.74, 6) is 5.23. The molecule has 2 aromatic heterocycles. The predicted octanol–water partition coefficient (Wildman–Crippen LogP) is 5.59. The maximum atomic E-state index is 11.6. The number of para-hydroxylation sites is 1. The lowest BCUT2D eigenvalue weighted by atomic mass is 10.1. The fourth-order valence-corrected chi connectivity index (χ4v) is 4.22. The monoisotopic (exact) mass is 484 g/mol. The Morgan fingerprint density at radius 1 is 1.09 bits per heavy atom. The molecule has 0 saturated carbocycles. The molecule has 0 aliphatic heterocycles. The standard InChI is InChI=1S/C27H28N4O3Si/c1-35(2,3)17-16-34-19-31-26-18-21(29-24-10-5-4-9-23(24)27(32)33)11-13-22(26)25(30-31)14-12-20-8-6-7-15-28-20/h4-11,13,15,18,29H,16-17,19H2,1-3H3,(H,32,33). The average molecular weight is 485 g/mol. The van der Waals surface area contributed by atoms with Crippen LogP contribution >= 0.6 is 0 Å². The van der Waals surface area contributed by atoms with E-state index in [1.165, 1.54) is 0 Å². The second-order valence-corrected chi connectivity index (χ2v) is 15.0. The smallest absolute Gasteiger partial charge is 0.337 e. The van der Waals surface area contributed by atoms with Crippen LogP contribution in [0.2, 0.25) is 25.7 Å². The lowest BCUT2D eigenvalue weighted by Crippen LogP contribution is -2.22. The van der Waals surface area contributed by atoms with E-state index >= 15 is 0 Å². The highest BCUT2D eigenvalue weighted by atomic mass is 28.3. The SMILES string of the molecule is C[Si](C)(C)CCOCn1nc(C#Cc2ccccn2)c2ccc(Nc3ccccc3C(=O)O)cc21. The first kappa shape index (κ1) is 24.2. The number of ether oxygens (including phenoxy) is 1. The van der Waals surface area contributed by atoms with Gasteiger partial charge in [0.2, 0.25) is 0 Å². The lowest BCUT2D eigenvalue weighted by Gasteiger charge is -2.15. The van der Waals surface area contributed by atoms with Gasteiger partial charge in [0, 0.05) is 32.0 Å². The zero-order valence-corrected chi connectivity index (χ0v) is 21.1. The molecule has 0 amide bonds. The maximum absolute atomic E-state index is 11.6. The average Bonchev–Trinajstić information content (AvgIpc) is 3.17. The third-order valence-corrected chi connectivity index (χ3v) is 7.08. The summed E-state index contributed by atoms with van der Waals surface area (Å²) in [7, 11) is -1.20. The van der Waals surface area contributed by atoms with Gasteiger partial charge in [-0.15, -0.1) is 0 Å². The van der Waals surface area contributed by atoms with E-state index in [0.29, 0.717) is 30.4 Å². The van der Waals surface area contributed by atoms with Gasteiger partial charge in [0.15, 0.2) is 0 Å². The van der Waals surface area contributed by atoms with Crippen molar-refractivity contribution in [2.45, 2.75) is 32.4 Å². The maximum Gasteiger partial charge on any atom is 0.337 e. The quantitative estimate of drug-likeness (QED) is 0.193. The Morgan fingerprint density at radius 2 is 1.89 bits per heavy atom. The number of hydrogen-bond acceptors (Lipinski definition) is 5. The van der Waals surface area contributed by atoms with Gasteiger partial charge >= 0.3 is 5.97 Å². The first-order chi connectivity index (χ1) is 16.8. The Morgan fingerprint density at radius 3 is 2.63 bits per heavy atom. The number of pyridine rings is 1. The van der Waals surface area contributed by atoms with E-state index in [9.17, 15) is 9.90 Å². The molecule has 4 rings (SSSR count). The van der Waals surface area contributed by atoms with Crippen LogP contribution < -0.4 is 5.32 Å². The largest absolute Gasteiger partial charge is 0.478 e. The van der Waals surface area contributed by atoms with E-state index < -0.39 is 14.0 Å². The number of fused-ring (bicyclic) bond motifs is 1. The molecule has 0 saturated heterocycles. The van der Waals surface area contributed by atoms with E-state index in [4.69, 9.17) is 9.84 Å². The number of carbonyl (C=O) groups is 1. The van der Waals surface area contributed by atoms with E-state index in [-0.39, 0.29) is 5.56 Å². The first-order valence-corrected chi connectivity index (χ1v) is 15.1. The van der Waals surface area contributed by atoms with Crippen LogP contribution in [0, 0.1) is 11.8 Å². The third-order valence-electron chi connectivity index (χ3n) is 5.37. The summed E-state index contributed by atoms with van der Waals surface area (Å²) in [5, 5.41) is 18.3. The van der Waals surface area contributed by atoms with Gasteiger partial charge in [-0.25, -0.2) is 14.5 Å². The topological polar surface area (TPSA) is 89.3 Å². The summed E-state index contributed by atoms with van der Waals surface area (Å²) in [5.41, 5.74) is 3.63. The van der Waals surface area contributed by atoms with Crippen molar-refractivity contribution < 1.29 is 14.6 Å². The minimum atomic E-state index is -1.20. The summed E-state index contributed by atoms with van der Waals surface area (Å²) >= 11 is 0. The van der Waals surface area contributed by atoms with Crippen molar-refractivity contribution in [1.29, 1.82) is 0 Å². The van der Waals surface area contributed by atoms with Crippen molar-refractivity contribution in [2.75, 3.05) is 11.9 Å². The molecule has 0 atom stereocenters. The van der Waals surface area contributed by atoms with Gasteiger partial charge in [0.05, 0.1) is 16.8 Å². The molecular weight excluding hydrogens is 456 g/mol. The fourth-order valence-electron chi connectivity index (χ4n) is 3.47. The van der Waals surface area contributed by atoms with Gasteiger partial charge in [0.25, 0.3) is 0 Å². The number of rotatable bonds is 8. The number of hydrogen-bond donors (Lipinski definition) is 2. The fraction of sp³-hybridized carbons (Fsp3) is 0.222. The van der Waals surface area contributed by atoms with Crippen LogP contribution in [-0.4, -0.2) is 40.5 Å². The summed E-state index contributed by atoms with van der Waals surface area (Å²) in [4.78, 5) is 15.9. The van der Waals surface area contributed by atoms with E-state index in [2.05, 4.69) is 41.8 Å². The number of carboxylic acids is 1. The third kappa shape index (κ3) is 6.35. The van der Waals surface area contributed by atoms with Gasteiger partial charge in [0.1, 0.15) is 18.1 Å². The van der Waals surface area contributed by atoms with Crippen molar-refractivity contribution in [1.82, 2.24) is 14.8 Å². The van der Waals surface area contributed by atoms with Crippen molar-refractivity contribution in [3.05, 3.63) is 83.8 Å². The zero-order valence-electron chi connectivity index (χ0n) is 20.1. The highest BCUT2D eigenvalue weighted by molar-refractivity contribution is 6.76. The van der Waals surface area contributed by atoms with Gasteiger partial charge in [-0.2, -0.15) is 5.10 Å². The molecule has 2 N–H and O–H groups in total. The molecule has 2 aromatic carbocycles. The minimum Gasteiger partial charge on any atom is -0.478 e.